The topological polar surface area (TPSA) is 52.4 Å². The van der Waals surface area contributed by atoms with Crippen LogP contribution in [0.4, 0.5) is 5.69 Å². The number of nitrogens with zero attached hydrogens (tertiary/aromatic N) is 1. The van der Waals surface area contributed by atoms with Gasteiger partial charge < -0.3 is 4.74 Å². The molecule has 2 aromatic rings. The summed E-state index contributed by atoms with van der Waals surface area (Å²) in [5.74, 6) is 1.05. The Labute approximate surface area is 106 Å². The molecule has 17 heavy (non-hydrogen) atoms. The van der Waals surface area contributed by atoms with Crippen LogP contribution in [0, 0.1) is 10.1 Å². The van der Waals surface area contributed by atoms with Crippen molar-refractivity contribution >= 4 is 21.6 Å². The molecule has 0 aliphatic carbocycles. The van der Waals surface area contributed by atoms with E-state index in [4.69, 9.17) is 4.74 Å². The molecule has 0 atom stereocenters. The number of hydrogen-bond donors (Lipinski definition) is 0. The first-order chi connectivity index (χ1) is 8.18. The Bertz CT molecular complexity index is 543. The molecule has 4 nitrogen and oxygen atoms in total. The third-order valence-electron chi connectivity index (χ3n) is 2.11. The normalized spacial score (nSPS) is 9.94. The van der Waals surface area contributed by atoms with Crippen LogP contribution in [0.15, 0.2) is 53.0 Å². The first-order valence-electron chi connectivity index (χ1n) is 4.84. The van der Waals surface area contributed by atoms with Crippen LogP contribution in [0.2, 0.25) is 0 Å². The van der Waals surface area contributed by atoms with Crippen molar-refractivity contribution in [3.8, 4) is 11.5 Å². The molecule has 0 heterocycles. The zero-order chi connectivity index (χ0) is 12.3. The number of nitro groups is 1. The van der Waals surface area contributed by atoms with Crippen molar-refractivity contribution in [3.63, 3.8) is 0 Å². The maximum atomic E-state index is 10.7. The van der Waals surface area contributed by atoms with Crippen molar-refractivity contribution in [3.05, 3.63) is 63.1 Å². The average Bonchev–Trinajstić information content (AvgIpc) is 2.33. The van der Waals surface area contributed by atoms with Crippen LogP contribution in [0.25, 0.3) is 0 Å². The fourth-order valence-electron chi connectivity index (χ4n) is 1.33. The molecule has 0 aliphatic rings. The first-order valence-corrected chi connectivity index (χ1v) is 5.63. The first kappa shape index (κ1) is 11.6. The lowest BCUT2D eigenvalue weighted by Gasteiger charge is -2.07. The molecule has 0 fully saturated rings. The summed E-state index contributed by atoms with van der Waals surface area (Å²) >= 11 is 3.17. The summed E-state index contributed by atoms with van der Waals surface area (Å²) in [6.45, 7) is 0. The van der Waals surface area contributed by atoms with E-state index in [9.17, 15) is 10.1 Å². The van der Waals surface area contributed by atoms with Gasteiger partial charge in [-0.05, 0) is 34.1 Å². The Hall–Kier alpha value is -1.88. The van der Waals surface area contributed by atoms with Crippen LogP contribution in [0.1, 0.15) is 0 Å². The lowest BCUT2D eigenvalue weighted by Crippen LogP contribution is -1.92. The SMILES string of the molecule is O=[N+]([O-])c1cccc(Oc2ccccc2)c1Br. The molecule has 0 aliphatic heterocycles. The molecule has 2 aromatic carbocycles. The number of halogens is 1. The number of para-hydroxylation sites is 1. The van der Waals surface area contributed by atoms with E-state index in [0.717, 1.165) is 0 Å². The Morgan fingerprint density at radius 1 is 1.06 bits per heavy atom. The Morgan fingerprint density at radius 2 is 1.76 bits per heavy atom. The minimum absolute atomic E-state index is 0.0153. The zero-order valence-corrected chi connectivity index (χ0v) is 10.3. The number of hydrogen-bond acceptors (Lipinski definition) is 3. The summed E-state index contributed by atoms with van der Waals surface area (Å²) in [5.41, 5.74) is -0.0153. The van der Waals surface area contributed by atoms with Crippen LogP contribution in [-0.2, 0) is 0 Å². The Balaban J connectivity index is 2.34. The van der Waals surface area contributed by atoms with Gasteiger partial charge in [0.2, 0.25) is 0 Å². The molecule has 0 saturated carbocycles. The van der Waals surface area contributed by atoms with Gasteiger partial charge in [0.1, 0.15) is 16.0 Å². The van der Waals surface area contributed by atoms with Crippen LogP contribution < -0.4 is 4.74 Å². The number of benzene rings is 2. The molecule has 0 N–H and O–H groups in total. The van der Waals surface area contributed by atoms with Gasteiger partial charge in [-0.2, -0.15) is 0 Å². The van der Waals surface area contributed by atoms with Crippen LogP contribution in [0.3, 0.4) is 0 Å². The van der Waals surface area contributed by atoms with E-state index in [1.165, 1.54) is 6.07 Å². The summed E-state index contributed by atoms with van der Waals surface area (Å²) in [7, 11) is 0. The number of ether oxygens (including phenoxy) is 1. The molecule has 0 bridgehead atoms. The van der Waals surface area contributed by atoms with Gasteiger partial charge in [0.15, 0.2) is 0 Å². The fourth-order valence-corrected chi connectivity index (χ4v) is 1.82. The fraction of sp³-hybridized carbons (Fsp3) is 0. The Morgan fingerprint density at radius 3 is 2.41 bits per heavy atom. The maximum Gasteiger partial charge on any atom is 0.287 e. The molecule has 0 unspecified atom stereocenters. The van der Waals surface area contributed by atoms with Gasteiger partial charge >= 0.3 is 0 Å². The van der Waals surface area contributed by atoms with Gasteiger partial charge in [-0.25, -0.2) is 0 Å². The van der Waals surface area contributed by atoms with E-state index in [2.05, 4.69) is 15.9 Å². The molecule has 0 saturated heterocycles. The molecule has 86 valence electrons. The van der Waals surface area contributed by atoms with Gasteiger partial charge in [-0.3, -0.25) is 10.1 Å². The second kappa shape index (κ2) is 4.97. The zero-order valence-electron chi connectivity index (χ0n) is 8.67. The monoisotopic (exact) mass is 293 g/mol. The quantitative estimate of drug-likeness (QED) is 0.631. The molecular weight excluding hydrogens is 286 g/mol. The predicted octanol–water partition coefficient (Wildman–Crippen LogP) is 4.15. The van der Waals surface area contributed by atoms with Gasteiger partial charge in [0.25, 0.3) is 5.69 Å². The van der Waals surface area contributed by atoms with Crippen molar-refractivity contribution in [1.29, 1.82) is 0 Å². The lowest BCUT2D eigenvalue weighted by atomic mass is 10.3. The molecule has 0 spiro atoms. The van der Waals surface area contributed by atoms with Crippen molar-refractivity contribution in [2.45, 2.75) is 0 Å². The third-order valence-corrected chi connectivity index (χ3v) is 2.91. The highest BCUT2D eigenvalue weighted by atomic mass is 79.9. The highest BCUT2D eigenvalue weighted by molar-refractivity contribution is 9.10. The van der Waals surface area contributed by atoms with Gasteiger partial charge in [-0.15, -0.1) is 0 Å². The van der Waals surface area contributed by atoms with E-state index < -0.39 is 4.92 Å². The predicted molar refractivity (Wildman–Crippen MR) is 67.3 cm³/mol. The highest BCUT2D eigenvalue weighted by Crippen LogP contribution is 2.36. The smallest absolute Gasteiger partial charge is 0.287 e. The van der Waals surface area contributed by atoms with E-state index in [1.54, 1.807) is 24.3 Å². The molecule has 5 heteroatoms. The second-order valence-corrected chi connectivity index (χ2v) is 4.05. The highest BCUT2D eigenvalue weighted by Gasteiger charge is 2.16. The second-order valence-electron chi connectivity index (χ2n) is 3.26. The average molecular weight is 294 g/mol. The maximum absolute atomic E-state index is 10.7. The number of nitro benzene ring substituents is 1. The third kappa shape index (κ3) is 2.62. The van der Waals surface area contributed by atoms with Crippen LogP contribution in [0.5, 0.6) is 11.5 Å². The van der Waals surface area contributed by atoms with E-state index in [-0.39, 0.29) is 5.69 Å². The molecule has 0 radical (unpaired) electrons. The van der Waals surface area contributed by atoms with Crippen LogP contribution in [-0.4, -0.2) is 4.92 Å². The standard InChI is InChI=1S/C12H8BrNO3/c13-12-10(14(15)16)7-4-8-11(12)17-9-5-2-1-3-6-9/h1-8H. The summed E-state index contributed by atoms with van der Waals surface area (Å²) in [6.07, 6.45) is 0. The summed E-state index contributed by atoms with van der Waals surface area (Å²) in [5, 5.41) is 10.7. The minimum Gasteiger partial charge on any atom is -0.456 e. The van der Waals surface area contributed by atoms with Gasteiger partial charge in [-0.1, -0.05) is 24.3 Å². The van der Waals surface area contributed by atoms with Gasteiger partial charge in [0, 0.05) is 6.07 Å². The molecule has 0 amide bonds. The molecule has 0 aromatic heterocycles. The minimum atomic E-state index is -0.456. The number of rotatable bonds is 3. The van der Waals surface area contributed by atoms with Crippen molar-refractivity contribution < 1.29 is 9.66 Å². The van der Waals surface area contributed by atoms with E-state index in [1.807, 2.05) is 18.2 Å². The van der Waals surface area contributed by atoms with E-state index >= 15 is 0 Å². The molecule has 2 rings (SSSR count). The summed E-state index contributed by atoms with van der Waals surface area (Å²) < 4.78 is 5.89. The van der Waals surface area contributed by atoms with Gasteiger partial charge in [0.05, 0.1) is 4.92 Å². The van der Waals surface area contributed by atoms with Crippen LogP contribution >= 0.6 is 15.9 Å². The van der Waals surface area contributed by atoms with Crippen molar-refractivity contribution in [1.82, 2.24) is 0 Å². The largest absolute Gasteiger partial charge is 0.456 e. The van der Waals surface area contributed by atoms with E-state index in [0.29, 0.717) is 16.0 Å². The lowest BCUT2D eigenvalue weighted by molar-refractivity contribution is -0.385. The van der Waals surface area contributed by atoms with Crippen molar-refractivity contribution in [2.75, 3.05) is 0 Å². The summed E-state index contributed by atoms with van der Waals surface area (Å²) in [6, 6.07) is 13.8. The summed E-state index contributed by atoms with van der Waals surface area (Å²) in [4.78, 5) is 10.3. The Kier molecular flexibility index (Phi) is 3.39. The molecular formula is C12H8BrNO3. The van der Waals surface area contributed by atoms with Crippen molar-refractivity contribution in [2.24, 2.45) is 0 Å².